The van der Waals surface area contributed by atoms with Gasteiger partial charge in [0.05, 0.1) is 18.7 Å². The summed E-state index contributed by atoms with van der Waals surface area (Å²) in [6.07, 6.45) is 1.46. The highest BCUT2D eigenvalue weighted by Gasteiger charge is 2.64. The number of fused-ring (bicyclic) bond motifs is 1. The lowest BCUT2D eigenvalue weighted by Gasteiger charge is -2.34. The number of ether oxygens (including phenoxy) is 3. The number of benzene rings is 1. The van der Waals surface area contributed by atoms with Gasteiger partial charge in [0.1, 0.15) is 0 Å². The second-order valence-electron chi connectivity index (χ2n) is 7.86. The smallest absolute Gasteiger partial charge is 0.231 e. The molecule has 25 heavy (non-hydrogen) atoms. The van der Waals surface area contributed by atoms with Crippen LogP contribution >= 0.6 is 0 Å². The van der Waals surface area contributed by atoms with E-state index in [0.717, 1.165) is 31.0 Å². The number of carbonyl (C=O) groups excluding carboxylic acids is 1. The highest BCUT2D eigenvalue weighted by atomic mass is 16.7. The summed E-state index contributed by atoms with van der Waals surface area (Å²) in [6, 6.07) is 6.46. The Morgan fingerprint density at radius 2 is 2.12 bits per heavy atom. The first kappa shape index (κ1) is 15.5. The third-order valence-electron chi connectivity index (χ3n) is 6.19. The maximum absolute atomic E-state index is 12.7. The van der Waals surface area contributed by atoms with Crippen LogP contribution in [0.1, 0.15) is 32.3 Å². The molecule has 0 N–H and O–H groups in total. The van der Waals surface area contributed by atoms with E-state index in [9.17, 15) is 4.79 Å². The maximum atomic E-state index is 12.7. The molecule has 0 aromatic heterocycles. The van der Waals surface area contributed by atoms with Crippen LogP contribution in [0, 0.1) is 5.92 Å². The van der Waals surface area contributed by atoms with E-state index in [1.807, 2.05) is 12.1 Å². The zero-order valence-electron chi connectivity index (χ0n) is 14.7. The first-order chi connectivity index (χ1) is 12.1. The minimum absolute atomic E-state index is 0.147. The van der Waals surface area contributed by atoms with Gasteiger partial charge in [-0.2, -0.15) is 0 Å². The minimum Gasteiger partial charge on any atom is -0.454 e. The second-order valence-corrected chi connectivity index (χ2v) is 7.86. The SMILES string of the molecule is CC(C)[C@@H]1CO[C@@]23CCN(Cc4ccc5c(c4)OCO5)[C@@H]2CC(=O)N13. The molecule has 0 bridgehead atoms. The van der Waals surface area contributed by atoms with Gasteiger partial charge in [0, 0.05) is 25.9 Å². The summed E-state index contributed by atoms with van der Waals surface area (Å²) < 4.78 is 17.2. The molecule has 5 rings (SSSR count). The third kappa shape index (κ3) is 2.13. The predicted molar refractivity (Wildman–Crippen MR) is 90.2 cm³/mol. The Balaban J connectivity index is 1.39. The van der Waals surface area contributed by atoms with E-state index in [1.165, 1.54) is 5.56 Å². The lowest BCUT2D eigenvalue weighted by atomic mass is 10.0. The Morgan fingerprint density at radius 3 is 2.96 bits per heavy atom. The molecule has 3 fully saturated rings. The molecule has 6 heteroatoms. The van der Waals surface area contributed by atoms with Crippen molar-refractivity contribution >= 4 is 5.91 Å². The van der Waals surface area contributed by atoms with E-state index in [2.05, 4.69) is 29.7 Å². The van der Waals surface area contributed by atoms with Crippen LogP contribution in [0.2, 0.25) is 0 Å². The van der Waals surface area contributed by atoms with Gasteiger partial charge in [-0.25, -0.2) is 0 Å². The molecule has 0 unspecified atom stereocenters. The van der Waals surface area contributed by atoms with Crippen molar-refractivity contribution in [2.75, 3.05) is 19.9 Å². The third-order valence-corrected chi connectivity index (χ3v) is 6.19. The fraction of sp³-hybridized carbons (Fsp3) is 0.632. The van der Waals surface area contributed by atoms with Gasteiger partial charge in [0.15, 0.2) is 17.2 Å². The van der Waals surface area contributed by atoms with Crippen LogP contribution in [0.3, 0.4) is 0 Å². The molecule has 3 saturated heterocycles. The Bertz CT molecular complexity index is 721. The van der Waals surface area contributed by atoms with Gasteiger partial charge >= 0.3 is 0 Å². The number of carbonyl (C=O) groups is 1. The van der Waals surface area contributed by atoms with Crippen molar-refractivity contribution < 1.29 is 19.0 Å². The minimum atomic E-state index is -0.400. The number of nitrogens with zero attached hydrogens (tertiary/aromatic N) is 2. The van der Waals surface area contributed by atoms with Gasteiger partial charge in [-0.05, 0) is 23.6 Å². The molecule has 4 aliphatic rings. The summed E-state index contributed by atoms with van der Waals surface area (Å²) in [5.41, 5.74) is 0.785. The molecule has 4 heterocycles. The fourth-order valence-electron chi connectivity index (χ4n) is 4.92. The van der Waals surface area contributed by atoms with Crippen LogP contribution in [0.4, 0.5) is 0 Å². The standard InChI is InChI=1S/C19H24N2O4/c1-12(2)14-10-25-19-5-6-20(17(19)8-18(22)21(14)19)9-13-3-4-15-16(7-13)24-11-23-15/h3-4,7,12,14,17H,5-6,8-11H2,1-2H3/t14-,17+,19-/m0/s1. The van der Waals surface area contributed by atoms with Gasteiger partial charge in [-0.1, -0.05) is 19.9 Å². The quantitative estimate of drug-likeness (QED) is 0.839. The summed E-state index contributed by atoms with van der Waals surface area (Å²) in [7, 11) is 0. The molecule has 134 valence electrons. The van der Waals surface area contributed by atoms with Crippen LogP contribution in [0.5, 0.6) is 11.5 Å². The van der Waals surface area contributed by atoms with E-state index in [1.54, 1.807) is 0 Å². The fourth-order valence-corrected chi connectivity index (χ4v) is 4.92. The highest BCUT2D eigenvalue weighted by Crippen LogP contribution is 2.49. The number of hydrogen-bond acceptors (Lipinski definition) is 5. The van der Waals surface area contributed by atoms with Crippen molar-refractivity contribution in [1.82, 2.24) is 9.80 Å². The van der Waals surface area contributed by atoms with E-state index in [0.29, 0.717) is 25.7 Å². The monoisotopic (exact) mass is 344 g/mol. The van der Waals surface area contributed by atoms with E-state index in [4.69, 9.17) is 14.2 Å². The van der Waals surface area contributed by atoms with Crippen LogP contribution in [-0.2, 0) is 16.1 Å². The van der Waals surface area contributed by atoms with Gasteiger partial charge in [0.25, 0.3) is 0 Å². The molecule has 1 amide bonds. The Kier molecular flexibility index (Phi) is 3.31. The normalized spacial score (nSPS) is 33.4. The predicted octanol–water partition coefficient (Wildman–Crippen LogP) is 1.97. The van der Waals surface area contributed by atoms with Crippen molar-refractivity contribution in [2.24, 2.45) is 5.92 Å². The molecule has 1 aromatic rings. The lowest BCUT2D eigenvalue weighted by Crippen LogP contribution is -2.50. The molecular formula is C19H24N2O4. The molecule has 0 saturated carbocycles. The van der Waals surface area contributed by atoms with Crippen LogP contribution in [0.25, 0.3) is 0 Å². The Labute approximate surface area is 147 Å². The van der Waals surface area contributed by atoms with Gasteiger partial charge in [0.2, 0.25) is 12.7 Å². The largest absolute Gasteiger partial charge is 0.454 e. The molecule has 0 aliphatic carbocycles. The van der Waals surface area contributed by atoms with Gasteiger partial charge in [-0.3, -0.25) is 9.69 Å². The van der Waals surface area contributed by atoms with Gasteiger partial charge in [-0.15, -0.1) is 0 Å². The summed E-state index contributed by atoms with van der Waals surface area (Å²) in [6.45, 7) is 7.06. The maximum Gasteiger partial charge on any atom is 0.231 e. The summed E-state index contributed by atoms with van der Waals surface area (Å²) in [4.78, 5) is 17.2. The number of likely N-dealkylation sites (tertiary alicyclic amines) is 1. The van der Waals surface area contributed by atoms with Crippen molar-refractivity contribution in [1.29, 1.82) is 0 Å². The number of hydrogen-bond donors (Lipinski definition) is 0. The number of amides is 1. The number of rotatable bonds is 3. The molecule has 1 aromatic carbocycles. The molecule has 4 aliphatic heterocycles. The van der Waals surface area contributed by atoms with Crippen molar-refractivity contribution in [3.05, 3.63) is 23.8 Å². The second kappa shape index (κ2) is 5.35. The molecule has 3 atom stereocenters. The van der Waals surface area contributed by atoms with Crippen LogP contribution in [-0.4, -0.2) is 53.5 Å². The summed E-state index contributed by atoms with van der Waals surface area (Å²) in [5.74, 6) is 2.29. The van der Waals surface area contributed by atoms with E-state index < -0.39 is 5.72 Å². The summed E-state index contributed by atoms with van der Waals surface area (Å²) >= 11 is 0. The zero-order valence-corrected chi connectivity index (χ0v) is 14.7. The van der Waals surface area contributed by atoms with E-state index in [-0.39, 0.29) is 18.0 Å². The molecule has 0 radical (unpaired) electrons. The average molecular weight is 344 g/mol. The molecular weight excluding hydrogens is 320 g/mol. The molecule has 6 nitrogen and oxygen atoms in total. The van der Waals surface area contributed by atoms with Crippen molar-refractivity contribution in [3.63, 3.8) is 0 Å². The van der Waals surface area contributed by atoms with Crippen molar-refractivity contribution in [3.8, 4) is 11.5 Å². The van der Waals surface area contributed by atoms with Gasteiger partial charge < -0.3 is 19.1 Å². The topological polar surface area (TPSA) is 51.2 Å². The Hall–Kier alpha value is -1.79. The average Bonchev–Trinajstić information content (AvgIpc) is 3.30. The van der Waals surface area contributed by atoms with E-state index >= 15 is 0 Å². The highest BCUT2D eigenvalue weighted by molar-refractivity contribution is 5.82. The van der Waals surface area contributed by atoms with Crippen LogP contribution in [0.15, 0.2) is 18.2 Å². The lowest BCUT2D eigenvalue weighted by molar-refractivity contribution is -0.139. The Morgan fingerprint density at radius 1 is 1.28 bits per heavy atom. The zero-order chi connectivity index (χ0) is 17.2. The van der Waals surface area contributed by atoms with Crippen molar-refractivity contribution in [2.45, 2.75) is 51.0 Å². The first-order valence-corrected chi connectivity index (χ1v) is 9.17. The molecule has 1 spiro atoms. The van der Waals surface area contributed by atoms with Crippen LogP contribution < -0.4 is 9.47 Å². The summed E-state index contributed by atoms with van der Waals surface area (Å²) in [5, 5.41) is 0. The first-order valence-electron chi connectivity index (χ1n) is 9.17.